The molecule has 1 aliphatic heterocycles. The van der Waals surface area contributed by atoms with Crippen LogP contribution in [0.5, 0.6) is 0 Å². The Morgan fingerprint density at radius 3 is 2.56 bits per heavy atom. The maximum Gasteiger partial charge on any atom is 0.433 e. The van der Waals surface area contributed by atoms with E-state index in [2.05, 4.69) is 15.3 Å². The fraction of sp³-hybridized carbons (Fsp3) is 0.261. The predicted octanol–water partition coefficient (Wildman–Crippen LogP) is 5.23. The molecule has 178 valence electrons. The summed E-state index contributed by atoms with van der Waals surface area (Å²) >= 11 is 1.37. The Morgan fingerprint density at radius 1 is 1.12 bits per heavy atom. The minimum Gasteiger partial charge on any atom is -0.351 e. The van der Waals surface area contributed by atoms with Gasteiger partial charge in [-0.1, -0.05) is 0 Å². The van der Waals surface area contributed by atoms with Crippen molar-refractivity contribution >= 4 is 17.9 Å². The topological polar surface area (TPSA) is 58.1 Å². The normalized spacial score (nSPS) is 16.6. The molecule has 3 heterocycles. The van der Waals surface area contributed by atoms with Crippen molar-refractivity contribution in [3.05, 3.63) is 77.8 Å². The smallest absolute Gasteiger partial charge is 0.351 e. The van der Waals surface area contributed by atoms with Gasteiger partial charge in [-0.05, 0) is 78.9 Å². The molecule has 1 saturated heterocycles. The summed E-state index contributed by atoms with van der Waals surface area (Å²) in [4.78, 5) is 20.7. The summed E-state index contributed by atoms with van der Waals surface area (Å²) in [7, 11) is 0. The lowest BCUT2D eigenvalue weighted by Gasteiger charge is -2.22. The molecular formula is C23H19F5N4OS. The van der Waals surface area contributed by atoms with E-state index in [4.69, 9.17) is 0 Å². The molecule has 0 saturated carbocycles. The summed E-state index contributed by atoms with van der Waals surface area (Å²) in [5.74, 6) is -1.39. The molecule has 1 N–H and O–H groups in total. The van der Waals surface area contributed by atoms with Gasteiger partial charge in [0.25, 0.3) is 0 Å². The number of benzene rings is 1. The standard InChI is InChI=1S/C23H19F5N4OS/c24-16-4-6-17(7-5-16)34-32-9-1-2-19(32)22(33)30-12-14-10-18(31-21(25)11-14)15-3-8-20(29-13-15)23(26,27)28/h3-8,10-11,13,19H,1-2,9,12H2,(H,30,33). The van der Waals surface area contributed by atoms with Crippen molar-refractivity contribution in [2.75, 3.05) is 6.54 Å². The highest BCUT2D eigenvalue weighted by molar-refractivity contribution is 7.97. The van der Waals surface area contributed by atoms with Gasteiger partial charge >= 0.3 is 6.18 Å². The highest BCUT2D eigenvalue weighted by Gasteiger charge is 2.32. The number of nitrogens with zero attached hydrogens (tertiary/aromatic N) is 3. The summed E-state index contributed by atoms with van der Waals surface area (Å²) in [6.07, 6.45) is -2.13. The molecule has 1 aliphatic rings. The molecule has 34 heavy (non-hydrogen) atoms. The van der Waals surface area contributed by atoms with Gasteiger partial charge in [0.05, 0.1) is 11.7 Å². The number of pyridine rings is 2. The van der Waals surface area contributed by atoms with Crippen LogP contribution in [-0.4, -0.2) is 32.8 Å². The lowest BCUT2D eigenvalue weighted by atomic mass is 10.1. The Kier molecular flexibility index (Phi) is 7.13. The molecule has 1 fully saturated rings. The number of aromatic nitrogens is 2. The van der Waals surface area contributed by atoms with E-state index in [1.54, 1.807) is 12.1 Å². The molecule has 1 amide bonds. The number of carbonyl (C=O) groups is 1. The molecule has 1 aromatic carbocycles. The molecule has 2 aromatic heterocycles. The van der Waals surface area contributed by atoms with Crippen molar-refractivity contribution in [3.8, 4) is 11.3 Å². The number of amides is 1. The van der Waals surface area contributed by atoms with E-state index in [1.807, 2.05) is 4.31 Å². The van der Waals surface area contributed by atoms with E-state index >= 15 is 0 Å². The van der Waals surface area contributed by atoms with Gasteiger partial charge < -0.3 is 5.32 Å². The Morgan fingerprint density at radius 2 is 1.88 bits per heavy atom. The molecular weight excluding hydrogens is 475 g/mol. The fourth-order valence-corrected chi connectivity index (χ4v) is 4.64. The zero-order chi connectivity index (χ0) is 24.3. The van der Waals surface area contributed by atoms with Crippen LogP contribution in [0, 0.1) is 11.8 Å². The predicted molar refractivity (Wildman–Crippen MR) is 116 cm³/mol. The molecule has 5 nitrogen and oxygen atoms in total. The van der Waals surface area contributed by atoms with Crippen LogP contribution in [0.2, 0.25) is 0 Å². The molecule has 4 rings (SSSR count). The van der Waals surface area contributed by atoms with Crippen LogP contribution in [0.15, 0.2) is 59.6 Å². The average molecular weight is 494 g/mol. The molecule has 1 unspecified atom stereocenters. The second kappa shape index (κ2) is 10.1. The van der Waals surface area contributed by atoms with Crippen LogP contribution in [0.3, 0.4) is 0 Å². The van der Waals surface area contributed by atoms with Crippen molar-refractivity contribution in [1.82, 2.24) is 19.6 Å². The number of hydrogen-bond donors (Lipinski definition) is 1. The molecule has 11 heteroatoms. The summed E-state index contributed by atoms with van der Waals surface area (Å²) < 4.78 is 67.3. The Balaban J connectivity index is 1.41. The van der Waals surface area contributed by atoms with E-state index in [-0.39, 0.29) is 29.5 Å². The van der Waals surface area contributed by atoms with E-state index in [1.165, 1.54) is 36.2 Å². The van der Waals surface area contributed by atoms with E-state index in [0.717, 1.165) is 29.6 Å². The van der Waals surface area contributed by atoms with Gasteiger partial charge in [0.15, 0.2) is 0 Å². The van der Waals surface area contributed by atoms with Gasteiger partial charge in [-0.3, -0.25) is 9.78 Å². The van der Waals surface area contributed by atoms with Crippen LogP contribution in [-0.2, 0) is 17.5 Å². The zero-order valence-corrected chi connectivity index (χ0v) is 18.5. The first kappa shape index (κ1) is 24.1. The quantitative estimate of drug-likeness (QED) is 0.289. The molecule has 0 spiro atoms. The monoisotopic (exact) mass is 494 g/mol. The third-order valence-corrected chi connectivity index (χ3v) is 6.37. The van der Waals surface area contributed by atoms with Crippen molar-refractivity contribution < 1.29 is 26.7 Å². The Hall–Kier alpha value is -3.05. The van der Waals surface area contributed by atoms with Crippen LogP contribution in [0.25, 0.3) is 11.3 Å². The zero-order valence-electron chi connectivity index (χ0n) is 17.6. The van der Waals surface area contributed by atoms with Crippen LogP contribution < -0.4 is 5.32 Å². The minimum absolute atomic E-state index is 0.0187. The average Bonchev–Trinajstić information content (AvgIpc) is 3.26. The molecule has 0 radical (unpaired) electrons. The number of alkyl halides is 3. The minimum atomic E-state index is -4.58. The fourth-order valence-electron chi connectivity index (χ4n) is 3.56. The molecule has 0 bridgehead atoms. The lowest BCUT2D eigenvalue weighted by Crippen LogP contribution is -2.40. The summed E-state index contributed by atoms with van der Waals surface area (Å²) in [5, 5.41) is 2.79. The number of halogens is 5. The second-order valence-corrected chi connectivity index (χ2v) is 8.80. The highest BCUT2D eigenvalue weighted by Crippen LogP contribution is 2.32. The van der Waals surface area contributed by atoms with E-state index in [9.17, 15) is 26.7 Å². The second-order valence-electron chi connectivity index (χ2n) is 7.67. The van der Waals surface area contributed by atoms with Gasteiger partial charge in [-0.15, -0.1) is 0 Å². The molecule has 3 aromatic rings. The van der Waals surface area contributed by atoms with Crippen molar-refractivity contribution in [2.24, 2.45) is 0 Å². The summed E-state index contributed by atoms with van der Waals surface area (Å²) in [5.41, 5.74) is -0.316. The maximum atomic E-state index is 14.1. The first-order valence-electron chi connectivity index (χ1n) is 10.4. The number of nitrogens with one attached hydrogen (secondary N) is 1. The third-order valence-electron chi connectivity index (χ3n) is 5.21. The first-order valence-corrected chi connectivity index (χ1v) is 11.1. The number of hydrogen-bond acceptors (Lipinski definition) is 5. The largest absolute Gasteiger partial charge is 0.433 e. The summed E-state index contributed by atoms with van der Waals surface area (Å²) in [6, 6.07) is 10.2. The Labute approximate surface area is 196 Å². The third kappa shape index (κ3) is 5.89. The van der Waals surface area contributed by atoms with Crippen LogP contribution in [0.1, 0.15) is 24.1 Å². The number of rotatable bonds is 6. The van der Waals surface area contributed by atoms with Crippen molar-refractivity contribution in [3.63, 3.8) is 0 Å². The van der Waals surface area contributed by atoms with E-state index < -0.39 is 23.9 Å². The number of carbonyl (C=O) groups excluding carboxylic acids is 1. The lowest BCUT2D eigenvalue weighted by molar-refractivity contribution is -0.141. The van der Waals surface area contributed by atoms with Gasteiger partial charge in [0, 0.05) is 29.7 Å². The van der Waals surface area contributed by atoms with Crippen LogP contribution >= 0.6 is 11.9 Å². The Bertz CT molecular complexity index is 1160. The van der Waals surface area contributed by atoms with Gasteiger partial charge in [-0.25, -0.2) is 13.7 Å². The van der Waals surface area contributed by atoms with Crippen molar-refractivity contribution in [1.29, 1.82) is 0 Å². The van der Waals surface area contributed by atoms with Gasteiger partial charge in [0.1, 0.15) is 11.5 Å². The molecule has 0 aliphatic carbocycles. The van der Waals surface area contributed by atoms with Gasteiger partial charge in [0.2, 0.25) is 11.9 Å². The first-order chi connectivity index (χ1) is 16.2. The summed E-state index contributed by atoms with van der Waals surface area (Å²) in [6.45, 7) is 0.708. The maximum absolute atomic E-state index is 14.1. The van der Waals surface area contributed by atoms with Crippen LogP contribution in [0.4, 0.5) is 22.0 Å². The highest BCUT2D eigenvalue weighted by atomic mass is 32.2. The van der Waals surface area contributed by atoms with E-state index in [0.29, 0.717) is 18.5 Å². The SMILES string of the molecule is O=C(NCc1cc(F)nc(-c2ccc(C(F)(F)F)nc2)c1)C1CCCN1Sc1ccc(F)cc1. The van der Waals surface area contributed by atoms with Crippen molar-refractivity contribution in [2.45, 2.75) is 36.5 Å². The van der Waals surface area contributed by atoms with Gasteiger partial charge in [-0.2, -0.15) is 17.6 Å². The molecule has 1 atom stereocenters.